The van der Waals surface area contributed by atoms with E-state index in [0.717, 1.165) is 35.5 Å². The Kier molecular flexibility index (Phi) is 7.57. The fraction of sp³-hybridized carbons (Fsp3) is 0.633. The summed E-state index contributed by atoms with van der Waals surface area (Å²) in [4.78, 5) is 30.0. The van der Waals surface area contributed by atoms with E-state index in [4.69, 9.17) is 0 Å². The molecule has 9 heteroatoms. The number of aromatic nitrogens is 2. The first-order chi connectivity index (χ1) is 18.3. The molecular weight excluding hydrogens is 561 g/mol. The maximum atomic E-state index is 14.8. The molecule has 39 heavy (non-hydrogen) atoms. The smallest absolute Gasteiger partial charge is 0.231 e. The van der Waals surface area contributed by atoms with Crippen LogP contribution >= 0.6 is 15.9 Å². The lowest BCUT2D eigenvalue weighted by Gasteiger charge is -2.48. The second-order valence-electron chi connectivity index (χ2n) is 13.1. The lowest BCUT2D eigenvalue weighted by Crippen LogP contribution is -2.58. The van der Waals surface area contributed by atoms with Gasteiger partial charge < -0.3 is 14.9 Å². The number of nitrogens with zero attached hydrogens (tertiary/aromatic N) is 5. The largest absolute Gasteiger partial charge is 0.387 e. The molecule has 5 rings (SSSR count). The Morgan fingerprint density at radius 2 is 1.87 bits per heavy atom. The van der Waals surface area contributed by atoms with Crippen molar-refractivity contribution in [3.63, 3.8) is 0 Å². The number of hydrogen-bond donors (Lipinski definition) is 1. The highest BCUT2D eigenvalue weighted by molar-refractivity contribution is 9.10. The van der Waals surface area contributed by atoms with Crippen LogP contribution in [0.15, 0.2) is 29.0 Å². The Balaban J connectivity index is 1.42. The Bertz CT molecular complexity index is 1240. The first kappa shape index (κ1) is 28.4. The topological polar surface area (TPSA) is 72.8 Å². The van der Waals surface area contributed by atoms with Crippen molar-refractivity contribution >= 4 is 27.7 Å². The van der Waals surface area contributed by atoms with Gasteiger partial charge in [-0.25, -0.2) is 14.4 Å². The van der Waals surface area contributed by atoms with Gasteiger partial charge in [0.1, 0.15) is 18.0 Å². The Hall–Kier alpha value is -2.10. The first-order valence-electron chi connectivity index (χ1n) is 14.1. The van der Waals surface area contributed by atoms with Crippen molar-refractivity contribution in [1.82, 2.24) is 19.8 Å². The first-order valence-corrected chi connectivity index (χ1v) is 14.9. The van der Waals surface area contributed by atoms with Crippen molar-refractivity contribution < 1.29 is 14.3 Å². The average molecular weight is 603 g/mol. The van der Waals surface area contributed by atoms with Crippen molar-refractivity contribution in [3.8, 4) is 0 Å². The Morgan fingerprint density at radius 3 is 2.51 bits per heavy atom. The number of piperazine rings is 1. The molecule has 2 saturated heterocycles. The summed E-state index contributed by atoms with van der Waals surface area (Å²) in [7, 11) is 0. The third-order valence-corrected chi connectivity index (χ3v) is 9.52. The van der Waals surface area contributed by atoms with Gasteiger partial charge in [0.05, 0.1) is 22.2 Å². The van der Waals surface area contributed by atoms with Crippen molar-refractivity contribution in [3.05, 3.63) is 51.6 Å². The number of amides is 1. The second-order valence-corrected chi connectivity index (χ2v) is 13.9. The second kappa shape index (κ2) is 10.4. The highest BCUT2D eigenvalue weighted by Crippen LogP contribution is 2.46. The zero-order chi connectivity index (χ0) is 28.3. The molecular formula is C30H41BrFN5O2. The molecule has 1 aromatic carbocycles. The van der Waals surface area contributed by atoms with Crippen LogP contribution in [0.5, 0.6) is 0 Å². The molecule has 1 aliphatic carbocycles. The molecule has 3 aliphatic rings. The van der Waals surface area contributed by atoms with Gasteiger partial charge in [0.2, 0.25) is 5.91 Å². The molecule has 4 atom stereocenters. The van der Waals surface area contributed by atoms with Crippen molar-refractivity contribution in [2.75, 3.05) is 31.1 Å². The van der Waals surface area contributed by atoms with Crippen LogP contribution < -0.4 is 4.90 Å². The molecule has 1 aromatic heterocycles. The quantitative estimate of drug-likeness (QED) is 0.506. The number of carbonyl (C=O) groups is 1. The van der Waals surface area contributed by atoms with Gasteiger partial charge in [-0.1, -0.05) is 13.0 Å². The van der Waals surface area contributed by atoms with Crippen LogP contribution in [-0.2, 0) is 4.79 Å². The zero-order valence-electron chi connectivity index (χ0n) is 23.9. The van der Waals surface area contributed by atoms with Gasteiger partial charge in [-0.2, -0.15) is 0 Å². The molecule has 1 N–H and O–H groups in total. The number of halogens is 2. The molecule has 0 radical (unpaired) electrons. The van der Waals surface area contributed by atoms with Gasteiger partial charge in [0.15, 0.2) is 0 Å². The van der Waals surface area contributed by atoms with E-state index in [-0.39, 0.29) is 34.8 Å². The summed E-state index contributed by atoms with van der Waals surface area (Å²) < 4.78 is 15.2. The zero-order valence-corrected chi connectivity index (χ0v) is 25.5. The summed E-state index contributed by atoms with van der Waals surface area (Å²) in [5.74, 6) is 0.322. The fourth-order valence-corrected chi connectivity index (χ4v) is 7.69. The molecule has 0 spiro atoms. The maximum Gasteiger partial charge on any atom is 0.231 e. The molecule has 2 aromatic rings. The van der Waals surface area contributed by atoms with Gasteiger partial charge in [-0.15, -0.1) is 0 Å². The molecule has 212 valence electrons. The molecule has 0 saturated carbocycles. The molecule has 2 fully saturated rings. The Morgan fingerprint density at radius 1 is 1.18 bits per heavy atom. The minimum atomic E-state index is -0.548. The van der Waals surface area contributed by atoms with Crippen LogP contribution in [0, 0.1) is 5.82 Å². The number of aliphatic hydroxyl groups is 1. The summed E-state index contributed by atoms with van der Waals surface area (Å²) in [6, 6.07) is 5.12. The number of hydrogen-bond acceptors (Lipinski definition) is 6. The van der Waals surface area contributed by atoms with E-state index in [9.17, 15) is 14.3 Å². The molecule has 3 heterocycles. The number of fused-ring (bicyclic) bond motifs is 1. The normalized spacial score (nSPS) is 26.1. The predicted octanol–water partition coefficient (Wildman–Crippen LogP) is 5.39. The SMILES string of the molecule is C[C@@H]1C[C@@H](O)c2ncnc(N3CCN(C(=O)[C@@H](c4ccc(Br)c(F)c4)[C@@H]4CCC(C)(C)N4C(C)(C)C)CC3)c21. The van der Waals surface area contributed by atoms with Gasteiger partial charge in [-0.3, -0.25) is 9.69 Å². The lowest BCUT2D eigenvalue weighted by atomic mass is 9.86. The third-order valence-electron chi connectivity index (χ3n) is 8.88. The number of rotatable bonds is 4. The summed E-state index contributed by atoms with van der Waals surface area (Å²) in [6.07, 6.45) is 3.51. The van der Waals surface area contributed by atoms with Gasteiger partial charge in [-0.05, 0) is 93.4 Å². The highest BCUT2D eigenvalue weighted by Gasteiger charge is 2.50. The third kappa shape index (κ3) is 5.22. The monoisotopic (exact) mass is 601 g/mol. The summed E-state index contributed by atoms with van der Waals surface area (Å²) in [5, 5.41) is 10.4. The molecule has 7 nitrogen and oxygen atoms in total. The molecule has 1 amide bonds. The van der Waals surface area contributed by atoms with Crippen LogP contribution in [0.25, 0.3) is 0 Å². The van der Waals surface area contributed by atoms with Gasteiger partial charge >= 0.3 is 0 Å². The van der Waals surface area contributed by atoms with Crippen molar-refractivity contribution in [1.29, 1.82) is 0 Å². The van der Waals surface area contributed by atoms with Gasteiger partial charge in [0, 0.05) is 48.9 Å². The van der Waals surface area contributed by atoms with Crippen LogP contribution in [0.3, 0.4) is 0 Å². The van der Waals surface area contributed by atoms with E-state index in [1.807, 2.05) is 11.0 Å². The summed E-state index contributed by atoms with van der Waals surface area (Å²) in [5.41, 5.74) is 2.28. The van der Waals surface area contributed by atoms with E-state index in [1.54, 1.807) is 6.07 Å². The van der Waals surface area contributed by atoms with Crippen LogP contribution in [0.1, 0.15) is 95.6 Å². The van der Waals surface area contributed by atoms with Crippen LogP contribution in [-0.4, -0.2) is 74.1 Å². The van der Waals surface area contributed by atoms with E-state index in [2.05, 4.69) is 77.2 Å². The van der Waals surface area contributed by atoms with Gasteiger partial charge in [0.25, 0.3) is 0 Å². The van der Waals surface area contributed by atoms with Crippen molar-refractivity contribution in [2.24, 2.45) is 0 Å². The number of benzene rings is 1. The minimum absolute atomic E-state index is 0.0291. The average Bonchev–Trinajstić information content (AvgIpc) is 3.36. The lowest BCUT2D eigenvalue weighted by molar-refractivity contribution is -0.135. The van der Waals surface area contributed by atoms with E-state index >= 15 is 0 Å². The number of likely N-dealkylation sites (tertiary alicyclic amines) is 1. The predicted molar refractivity (Wildman–Crippen MR) is 154 cm³/mol. The van der Waals surface area contributed by atoms with E-state index < -0.39 is 12.0 Å². The number of carbonyl (C=O) groups excluding carboxylic acids is 1. The van der Waals surface area contributed by atoms with Crippen LogP contribution in [0.4, 0.5) is 10.2 Å². The van der Waals surface area contributed by atoms with Crippen molar-refractivity contribution in [2.45, 2.75) is 95.9 Å². The van der Waals surface area contributed by atoms with E-state index in [1.165, 1.54) is 12.4 Å². The number of aliphatic hydroxyl groups excluding tert-OH is 1. The highest BCUT2D eigenvalue weighted by atomic mass is 79.9. The minimum Gasteiger partial charge on any atom is -0.387 e. The summed E-state index contributed by atoms with van der Waals surface area (Å²) >= 11 is 3.28. The van der Waals surface area contributed by atoms with E-state index in [0.29, 0.717) is 37.1 Å². The molecule has 0 bridgehead atoms. The molecule has 0 unspecified atom stereocenters. The fourth-order valence-electron chi connectivity index (χ4n) is 7.45. The summed E-state index contributed by atoms with van der Waals surface area (Å²) in [6.45, 7) is 15.6. The number of anilines is 1. The Labute approximate surface area is 239 Å². The van der Waals surface area contributed by atoms with Crippen LogP contribution in [0.2, 0.25) is 0 Å². The maximum absolute atomic E-state index is 14.8. The molecule has 2 aliphatic heterocycles. The standard InChI is InChI=1S/C30H41BrFN5O2/c1-18-15-23(38)26-24(18)27(34-17-33-26)35-11-13-36(14-12-35)28(39)25(19-7-8-20(31)21(32)16-19)22-9-10-30(5,6)37(22)29(2,3)4/h7-8,16-18,22-23,25,38H,9-15H2,1-6H3/t18-,22+,23-,25+/m1/s1.